The molecule has 1 aliphatic heterocycles. The predicted molar refractivity (Wildman–Crippen MR) is 84.1 cm³/mol. The topological polar surface area (TPSA) is 26.7 Å². The lowest BCUT2D eigenvalue weighted by Crippen LogP contribution is -2.43. The van der Waals surface area contributed by atoms with Crippen molar-refractivity contribution < 1.29 is 18.3 Å². The summed E-state index contributed by atoms with van der Waals surface area (Å²) in [7, 11) is 2.05. The molecule has 1 heterocycles. The van der Waals surface area contributed by atoms with Crippen molar-refractivity contribution in [1.29, 1.82) is 0 Å². The normalized spacial score (nSPS) is 17.8. The predicted octanol–water partition coefficient (Wildman–Crippen LogP) is 2.98. The summed E-state index contributed by atoms with van der Waals surface area (Å²) in [4.78, 5) is 4.35. The number of piperidine rings is 1. The Morgan fingerprint density at radius 1 is 1.22 bits per heavy atom. The number of alkyl halides is 3. The van der Waals surface area contributed by atoms with E-state index in [-0.39, 0.29) is 6.61 Å². The van der Waals surface area contributed by atoms with Crippen LogP contribution < -0.4 is 0 Å². The highest BCUT2D eigenvalue weighted by Crippen LogP contribution is 2.32. The lowest BCUT2D eigenvalue weighted by atomic mass is 10.0. The van der Waals surface area contributed by atoms with E-state index in [0.717, 1.165) is 45.0 Å². The summed E-state index contributed by atoms with van der Waals surface area (Å²) in [5, 5.41) is 8.88. The minimum atomic E-state index is -4.29. The van der Waals surface area contributed by atoms with E-state index in [1.54, 1.807) is 12.1 Å². The zero-order valence-corrected chi connectivity index (χ0v) is 13.5. The molecule has 0 saturated carbocycles. The summed E-state index contributed by atoms with van der Waals surface area (Å²) < 4.78 is 39.1. The Morgan fingerprint density at radius 3 is 2.48 bits per heavy atom. The maximum atomic E-state index is 13.0. The Hall–Kier alpha value is -1.11. The van der Waals surface area contributed by atoms with Crippen molar-refractivity contribution >= 4 is 0 Å². The summed E-state index contributed by atoms with van der Waals surface area (Å²) in [6, 6.07) is 6.29. The maximum absolute atomic E-state index is 13.0. The number of nitrogens with zero attached hydrogens (tertiary/aromatic N) is 2. The van der Waals surface area contributed by atoms with Gasteiger partial charge in [-0.25, -0.2) is 0 Å². The Balaban J connectivity index is 1.90. The molecule has 23 heavy (non-hydrogen) atoms. The monoisotopic (exact) mass is 330 g/mol. The van der Waals surface area contributed by atoms with Gasteiger partial charge in [0.2, 0.25) is 0 Å². The standard InChI is InChI=1S/C17H25F3N2O/c1-21(9-4-12-23)15-7-10-22(11-8-15)13-14-5-2-3-6-16(14)17(18,19)20/h2-3,5-6,15,23H,4,7-13H2,1H3. The van der Waals surface area contributed by atoms with Gasteiger partial charge in [0.1, 0.15) is 0 Å². The average molecular weight is 330 g/mol. The molecule has 0 aromatic heterocycles. The van der Waals surface area contributed by atoms with E-state index in [1.807, 2.05) is 0 Å². The van der Waals surface area contributed by atoms with Crippen LogP contribution in [0, 0.1) is 0 Å². The van der Waals surface area contributed by atoms with E-state index in [0.29, 0.717) is 18.2 Å². The quantitative estimate of drug-likeness (QED) is 0.869. The second kappa shape index (κ2) is 8.13. The molecular weight excluding hydrogens is 305 g/mol. The van der Waals surface area contributed by atoms with Crippen LogP contribution in [0.2, 0.25) is 0 Å². The number of likely N-dealkylation sites (tertiary alicyclic amines) is 1. The van der Waals surface area contributed by atoms with Gasteiger partial charge in [-0.1, -0.05) is 18.2 Å². The van der Waals surface area contributed by atoms with Gasteiger partial charge in [0.15, 0.2) is 0 Å². The summed E-state index contributed by atoms with van der Waals surface area (Å²) in [6.07, 6.45) is -1.62. The van der Waals surface area contributed by atoms with Crippen molar-refractivity contribution in [2.24, 2.45) is 0 Å². The molecule has 0 atom stereocenters. The molecule has 0 radical (unpaired) electrons. The average Bonchev–Trinajstić information content (AvgIpc) is 2.53. The molecule has 1 fully saturated rings. The lowest BCUT2D eigenvalue weighted by molar-refractivity contribution is -0.138. The first kappa shape index (κ1) is 18.2. The molecule has 0 amide bonds. The van der Waals surface area contributed by atoms with Crippen LogP contribution in [0.3, 0.4) is 0 Å². The summed E-state index contributed by atoms with van der Waals surface area (Å²) in [5.74, 6) is 0. The Labute approximate surface area is 135 Å². The fraction of sp³-hybridized carbons (Fsp3) is 0.647. The summed E-state index contributed by atoms with van der Waals surface area (Å²) in [6.45, 7) is 3.01. The Bertz CT molecular complexity index is 485. The minimum absolute atomic E-state index is 0.192. The number of benzene rings is 1. The van der Waals surface area contributed by atoms with Crippen molar-refractivity contribution in [3.63, 3.8) is 0 Å². The lowest BCUT2D eigenvalue weighted by Gasteiger charge is -2.37. The minimum Gasteiger partial charge on any atom is -0.396 e. The smallest absolute Gasteiger partial charge is 0.396 e. The zero-order chi connectivity index (χ0) is 16.9. The van der Waals surface area contributed by atoms with E-state index in [4.69, 9.17) is 5.11 Å². The van der Waals surface area contributed by atoms with E-state index in [9.17, 15) is 13.2 Å². The van der Waals surface area contributed by atoms with Gasteiger partial charge in [0.25, 0.3) is 0 Å². The van der Waals surface area contributed by atoms with Crippen LogP contribution in [-0.2, 0) is 12.7 Å². The molecule has 2 rings (SSSR count). The molecule has 0 bridgehead atoms. The Morgan fingerprint density at radius 2 is 1.87 bits per heavy atom. The Kier molecular flexibility index (Phi) is 6.44. The van der Waals surface area contributed by atoms with Gasteiger partial charge in [-0.05, 0) is 51.0 Å². The fourth-order valence-electron chi connectivity index (χ4n) is 3.20. The number of hydrogen-bond acceptors (Lipinski definition) is 3. The van der Waals surface area contributed by atoms with Gasteiger partial charge in [-0.2, -0.15) is 13.2 Å². The number of aliphatic hydroxyl groups excluding tert-OH is 1. The van der Waals surface area contributed by atoms with Gasteiger partial charge in [0.05, 0.1) is 5.56 Å². The summed E-state index contributed by atoms with van der Waals surface area (Å²) in [5.41, 5.74) is -0.172. The molecule has 6 heteroatoms. The van der Waals surface area contributed by atoms with Crippen molar-refractivity contribution in [2.45, 2.75) is 38.0 Å². The number of halogens is 3. The molecule has 1 aromatic carbocycles. The highest BCUT2D eigenvalue weighted by atomic mass is 19.4. The first-order valence-electron chi connectivity index (χ1n) is 8.10. The van der Waals surface area contributed by atoms with Crippen molar-refractivity contribution in [1.82, 2.24) is 9.80 Å². The van der Waals surface area contributed by atoms with E-state index in [2.05, 4.69) is 16.8 Å². The molecule has 1 saturated heterocycles. The van der Waals surface area contributed by atoms with Gasteiger partial charge in [-0.3, -0.25) is 4.90 Å². The second-order valence-electron chi connectivity index (χ2n) is 6.22. The van der Waals surface area contributed by atoms with Gasteiger partial charge in [-0.15, -0.1) is 0 Å². The molecule has 130 valence electrons. The van der Waals surface area contributed by atoms with E-state index >= 15 is 0 Å². The van der Waals surface area contributed by atoms with Crippen LogP contribution in [0.4, 0.5) is 13.2 Å². The van der Waals surface area contributed by atoms with Gasteiger partial charge in [0, 0.05) is 25.7 Å². The summed E-state index contributed by atoms with van der Waals surface area (Å²) >= 11 is 0. The maximum Gasteiger partial charge on any atom is 0.416 e. The van der Waals surface area contributed by atoms with Crippen LogP contribution in [-0.4, -0.2) is 54.2 Å². The third-order valence-electron chi connectivity index (χ3n) is 4.57. The molecule has 1 aliphatic rings. The fourth-order valence-corrected chi connectivity index (χ4v) is 3.20. The first-order valence-corrected chi connectivity index (χ1v) is 8.10. The number of aliphatic hydroxyl groups is 1. The number of hydrogen-bond donors (Lipinski definition) is 1. The van der Waals surface area contributed by atoms with Crippen LogP contribution in [0.5, 0.6) is 0 Å². The van der Waals surface area contributed by atoms with Crippen molar-refractivity contribution in [3.05, 3.63) is 35.4 Å². The van der Waals surface area contributed by atoms with Gasteiger partial charge >= 0.3 is 6.18 Å². The molecule has 3 nitrogen and oxygen atoms in total. The van der Waals surface area contributed by atoms with Crippen molar-refractivity contribution in [3.8, 4) is 0 Å². The molecule has 0 unspecified atom stereocenters. The highest BCUT2D eigenvalue weighted by Gasteiger charge is 2.33. The molecule has 1 aromatic rings. The number of rotatable bonds is 6. The van der Waals surface area contributed by atoms with Crippen LogP contribution in [0.15, 0.2) is 24.3 Å². The van der Waals surface area contributed by atoms with Crippen molar-refractivity contribution in [2.75, 3.05) is 33.3 Å². The first-order chi connectivity index (χ1) is 10.9. The van der Waals surface area contributed by atoms with E-state index < -0.39 is 11.7 Å². The third kappa shape index (κ3) is 5.19. The SMILES string of the molecule is CN(CCCO)C1CCN(Cc2ccccc2C(F)(F)F)CC1. The van der Waals surface area contributed by atoms with Crippen LogP contribution in [0.1, 0.15) is 30.4 Å². The molecule has 1 N–H and O–H groups in total. The third-order valence-corrected chi connectivity index (χ3v) is 4.57. The highest BCUT2D eigenvalue weighted by molar-refractivity contribution is 5.29. The largest absolute Gasteiger partial charge is 0.416 e. The molecular formula is C17H25F3N2O. The van der Waals surface area contributed by atoms with Crippen LogP contribution >= 0.6 is 0 Å². The van der Waals surface area contributed by atoms with Gasteiger partial charge < -0.3 is 10.0 Å². The van der Waals surface area contributed by atoms with Crippen LogP contribution in [0.25, 0.3) is 0 Å². The molecule has 0 aliphatic carbocycles. The molecule has 0 spiro atoms. The van der Waals surface area contributed by atoms with E-state index in [1.165, 1.54) is 6.07 Å². The zero-order valence-electron chi connectivity index (χ0n) is 13.5. The second-order valence-corrected chi connectivity index (χ2v) is 6.22.